The van der Waals surface area contributed by atoms with Crippen LogP contribution in [-0.4, -0.2) is 24.5 Å². The summed E-state index contributed by atoms with van der Waals surface area (Å²) in [7, 11) is 0. The smallest absolute Gasteiger partial charge is 0.0233 e. The first-order chi connectivity index (χ1) is 8.80. The molecule has 0 unspecified atom stereocenters. The van der Waals surface area contributed by atoms with Crippen molar-refractivity contribution in [2.24, 2.45) is 0 Å². The third-order valence-electron chi connectivity index (χ3n) is 3.36. The Labute approximate surface area is 112 Å². The van der Waals surface area contributed by atoms with Crippen molar-refractivity contribution in [1.29, 1.82) is 0 Å². The zero-order valence-electron chi connectivity index (χ0n) is 12.2. The van der Waals surface area contributed by atoms with Gasteiger partial charge in [-0.25, -0.2) is 0 Å². The Bertz CT molecular complexity index is 301. The maximum atomic E-state index is 3.47. The van der Waals surface area contributed by atoms with E-state index in [1.54, 1.807) is 0 Å². The highest BCUT2D eigenvalue weighted by atomic mass is 15.1. The first kappa shape index (κ1) is 15.2. The van der Waals surface area contributed by atoms with Crippen LogP contribution in [0.3, 0.4) is 0 Å². The van der Waals surface area contributed by atoms with Gasteiger partial charge in [-0.1, -0.05) is 51.5 Å². The van der Waals surface area contributed by atoms with E-state index in [0.29, 0.717) is 0 Å². The molecule has 0 saturated heterocycles. The predicted molar refractivity (Wildman–Crippen MR) is 79.7 cm³/mol. The summed E-state index contributed by atoms with van der Waals surface area (Å²) in [6.07, 6.45) is 2.52. The van der Waals surface area contributed by atoms with Gasteiger partial charge in [0, 0.05) is 13.1 Å². The van der Waals surface area contributed by atoms with Gasteiger partial charge in [-0.3, -0.25) is 4.90 Å². The van der Waals surface area contributed by atoms with Crippen LogP contribution in [0.1, 0.15) is 44.7 Å². The fraction of sp³-hybridized carbons (Fsp3) is 0.625. The van der Waals surface area contributed by atoms with Gasteiger partial charge in [0.05, 0.1) is 0 Å². The molecule has 0 radical (unpaired) electrons. The third kappa shape index (κ3) is 5.65. The van der Waals surface area contributed by atoms with Crippen LogP contribution >= 0.6 is 0 Å². The summed E-state index contributed by atoms with van der Waals surface area (Å²) in [4.78, 5) is 2.44. The Morgan fingerprint density at radius 2 is 1.56 bits per heavy atom. The minimum atomic E-state index is 0.992. The second-order valence-corrected chi connectivity index (χ2v) is 4.81. The quantitative estimate of drug-likeness (QED) is 0.674. The lowest BCUT2D eigenvalue weighted by Gasteiger charge is -2.18. The standard InChI is InChI=1S/C16H28N2/c1-4-7-12-17-13-15-8-10-16(11-9-15)14-18(5-2)6-3/h8-11,17H,4-7,12-14H2,1-3H3. The zero-order chi connectivity index (χ0) is 13.2. The number of rotatable bonds is 9. The van der Waals surface area contributed by atoms with Gasteiger partial charge in [0.1, 0.15) is 0 Å². The van der Waals surface area contributed by atoms with Crippen molar-refractivity contribution < 1.29 is 0 Å². The molecule has 1 aromatic carbocycles. The Hall–Kier alpha value is -0.860. The molecular weight excluding hydrogens is 220 g/mol. The molecule has 2 heteroatoms. The van der Waals surface area contributed by atoms with Gasteiger partial charge >= 0.3 is 0 Å². The van der Waals surface area contributed by atoms with Gasteiger partial charge in [0.25, 0.3) is 0 Å². The maximum Gasteiger partial charge on any atom is 0.0233 e. The van der Waals surface area contributed by atoms with E-state index in [9.17, 15) is 0 Å². The molecule has 0 fully saturated rings. The molecule has 102 valence electrons. The number of hydrogen-bond acceptors (Lipinski definition) is 2. The number of benzene rings is 1. The summed E-state index contributed by atoms with van der Waals surface area (Å²) in [5.74, 6) is 0. The van der Waals surface area contributed by atoms with E-state index in [2.05, 4.69) is 55.3 Å². The molecule has 0 bridgehead atoms. The summed E-state index contributed by atoms with van der Waals surface area (Å²) in [6.45, 7) is 12.1. The number of nitrogens with one attached hydrogen (secondary N) is 1. The molecule has 1 aromatic rings. The fourth-order valence-electron chi connectivity index (χ4n) is 2.00. The van der Waals surface area contributed by atoms with E-state index in [1.807, 2.05) is 0 Å². The van der Waals surface area contributed by atoms with Crippen LogP contribution in [0.5, 0.6) is 0 Å². The second kappa shape index (κ2) is 9.12. The molecule has 0 atom stereocenters. The first-order valence-corrected chi connectivity index (χ1v) is 7.31. The highest BCUT2D eigenvalue weighted by Gasteiger charge is 2.00. The zero-order valence-corrected chi connectivity index (χ0v) is 12.2. The molecule has 0 saturated carbocycles. The second-order valence-electron chi connectivity index (χ2n) is 4.81. The average molecular weight is 248 g/mol. The molecule has 0 aromatic heterocycles. The Kier molecular flexibility index (Phi) is 7.70. The van der Waals surface area contributed by atoms with Crippen molar-refractivity contribution >= 4 is 0 Å². The van der Waals surface area contributed by atoms with Crippen LogP contribution in [0.4, 0.5) is 0 Å². The lowest BCUT2D eigenvalue weighted by atomic mass is 10.1. The van der Waals surface area contributed by atoms with Gasteiger partial charge < -0.3 is 5.32 Å². The van der Waals surface area contributed by atoms with Crippen LogP contribution in [0, 0.1) is 0 Å². The van der Waals surface area contributed by atoms with Gasteiger partial charge in [-0.2, -0.15) is 0 Å². The summed E-state index contributed by atoms with van der Waals surface area (Å²) in [5, 5.41) is 3.47. The van der Waals surface area contributed by atoms with Crippen molar-refractivity contribution in [2.75, 3.05) is 19.6 Å². The van der Waals surface area contributed by atoms with Crippen molar-refractivity contribution in [3.63, 3.8) is 0 Å². The molecule has 0 spiro atoms. The molecule has 0 amide bonds. The van der Waals surface area contributed by atoms with Crippen LogP contribution in [0.25, 0.3) is 0 Å². The number of hydrogen-bond donors (Lipinski definition) is 1. The molecule has 0 aliphatic heterocycles. The van der Waals surface area contributed by atoms with Crippen LogP contribution in [0.15, 0.2) is 24.3 Å². The van der Waals surface area contributed by atoms with Crippen molar-refractivity contribution in [3.05, 3.63) is 35.4 Å². The number of unbranched alkanes of at least 4 members (excludes halogenated alkanes) is 1. The Morgan fingerprint density at radius 3 is 2.11 bits per heavy atom. The summed E-state index contributed by atoms with van der Waals surface area (Å²) < 4.78 is 0. The van der Waals surface area contributed by atoms with Crippen molar-refractivity contribution in [2.45, 2.75) is 46.7 Å². The highest BCUT2D eigenvalue weighted by molar-refractivity contribution is 5.22. The van der Waals surface area contributed by atoms with E-state index in [-0.39, 0.29) is 0 Å². The monoisotopic (exact) mass is 248 g/mol. The largest absolute Gasteiger partial charge is 0.313 e. The fourth-order valence-corrected chi connectivity index (χ4v) is 2.00. The van der Waals surface area contributed by atoms with E-state index >= 15 is 0 Å². The minimum absolute atomic E-state index is 0.992. The molecule has 18 heavy (non-hydrogen) atoms. The van der Waals surface area contributed by atoms with E-state index in [0.717, 1.165) is 32.7 Å². The summed E-state index contributed by atoms with van der Waals surface area (Å²) in [5.41, 5.74) is 2.80. The lowest BCUT2D eigenvalue weighted by molar-refractivity contribution is 0.296. The third-order valence-corrected chi connectivity index (χ3v) is 3.36. The maximum absolute atomic E-state index is 3.47. The van der Waals surface area contributed by atoms with Gasteiger partial charge in [0.2, 0.25) is 0 Å². The number of nitrogens with zero attached hydrogens (tertiary/aromatic N) is 1. The predicted octanol–water partition coefficient (Wildman–Crippen LogP) is 3.42. The van der Waals surface area contributed by atoms with Crippen LogP contribution < -0.4 is 5.32 Å². The van der Waals surface area contributed by atoms with E-state index < -0.39 is 0 Å². The van der Waals surface area contributed by atoms with Crippen molar-refractivity contribution in [3.8, 4) is 0 Å². The molecule has 1 N–H and O–H groups in total. The minimum Gasteiger partial charge on any atom is -0.313 e. The van der Waals surface area contributed by atoms with Crippen LogP contribution in [0.2, 0.25) is 0 Å². The summed E-state index contributed by atoms with van der Waals surface area (Å²) >= 11 is 0. The molecule has 0 aliphatic rings. The van der Waals surface area contributed by atoms with Gasteiger partial charge in [0.15, 0.2) is 0 Å². The first-order valence-electron chi connectivity index (χ1n) is 7.31. The normalized spacial score (nSPS) is 11.1. The average Bonchev–Trinajstić information content (AvgIpc) is 2.42. The molecule has 2 nitrogen and oxygen atoms in total. The van der Waals surface area contributed by atoms with Crippen LogP contribution in [-0.2, 0) is 13.1 Å². The summed E-state index contributed by atoms with van der Waals surface area (Å²) in [6, 6.07) is 9.01. The van der Waals surface area contributed by atoms with Crippen molar-refractivity contribution in [1.82, 2.24) is 10.2 Å². The Balaban J connectivity index is 2.37. The highest BCUT2D eigenvalue weighted by Crippen LogP contribution is 2.07. The SMILES string of the molecule is CCCCNCc1ccc(CN(CC)CC)cc1. The van der Waals surface area contributed by atoms with E-state index in [4.69, 9.17) is 0 Å². The lowest BCUT2D eigenvalue weighted by Crippen LogP contribution is -2.22. The van der Waals surface area contributed by atoms with E-state index in [1.165, 1.54) is 24.0 Å². The topological polar surface area (TPSA) is 15.3 Å². The Morgan fingerprint density at radius 1 is 0.944 bits per heavy atom. The molecule has 1 rings (SSSR count). The van der Waals surface area contributed by atoms with Gasteiger partial charge in [-0.15, -0.1) is 0 Å². The molecular formula is C16H28N2. The van der Waals surface area contributed by atoms with Gasteiger partial charge in [-0.05, 0) is 37.2 Å². The molecule has 0 aliphatic carbocycles. The molecule has 0 heterocycles.